The number of unbranched alkanes of at least 4 members (excludes halogenated alkanes) is 4. The summed E-state index contributed by atoms with van der Waals surface area (Å²) in [6.45, 7) is 14.8. The predicted molar refractivity (Wildman–Crippen MR) is 100 cm³/mol. The first-order valence-corrected chi connectivity index (χ1v) is 9.72. The van der Waals surface area contributed by atoms with E-state index in [1.807, 2.05) is 0 Å². The molecule has 24 heavy (non-hydrogen) atoms. The zero-order chi connectivity index (χ0) is 18.0. The summed E-state index contributed by atoms with van der Waals surface area (Å²) in [5.41, 5.74) is -0.554. The molecule has 4 nitrogen and oxygen atoms in total. The highest BCUT2D eigenvalue weighted by molar-refractivity contribution is 6.45. The molecule has 0 bridgehead atoms. The average molecular weight is 338 g/mol. The minimum atomic E-state index is -0.205. The van der Waals surface area contributed by atoms with Gasteiger partial charge in [0.2, 0.25) is 0 Å². The Kier molecular flexibility index (Phi) is 6.50. The summed E-state index contributed by atoms with van der Waals surface area (Å²) < 4.78 is 23.9. The van der Waals surface area contributed by atoms with Crippen LogP contribution in [-0.2, 0) is 18.6 Å². The highest BCUT2D eigenvalue weighted by Crippen LogP contribution is 2.38. The maximum absolute atomic E-state index is 6.03. The van der Waals surface area contributed by atoms with E-state index in [4.69, 9.17) is 18.6 Å². The van der Waals surface area contributed by atoms with E-state index in [1.54, 1.807) is 0 Å². The molecule has 1 atom stereocenters. The molecule has 0 aromatic heterocycles. The van der Waals surface area contributed by atoms with E-state index in [9.17, 15) is 0 Å². The number of rotatable bonds is 8. The molecule has 2 aliphatic rings. The predicted octanol–water partition coefficient (Wildman–Crippen LogP) is 4.73. The molecule has 0 radical (unpaired) electrons. The van der Waals surface area contributed by atoms with Crippen molar-refractivity contribution in [3.8, 4) is 0 Å². The molecule has 0 aromatic carbocycles. The van der Waals surface area contributed by atoms with Gasteiger partial charge in [0.05, 0.1) is 22.9 Å². The van der Waals surface area contributed by atoms with Gasteiger partial charge in [-0.05, 0) is 61.1 Å². The normalized spacial score (nSPS) is 27.9. The maximum Gasteiger partial charge on any atom is 0.457 e. The van der Waals surface area contributed by atoms with Crippen LogP contribution >= 0.6 is 0 Å². The van der Waals surface area contributed by atoms with Gasteiger partial charge >= 0.3 is 14.2 Å². The van der Waals surface area contributed by atoms with Crippen LogP contribution in [0, 0.1) is 0 Å². The zero-order valence-electron chi connectivity index (χ0n) is 16.8. The van der Waals surface area contributed by atoms with E-state index in [0.717, 1.165) is 19.1 Å². The fourth-order valence-corrected chi connectivity index (χ4v) is 3.22. The molecule has 0 amide bonds. The topological polar surface area (TPSA) is 36.9 Å². The van der Waals surface area contributed by atoms with Gasteiger partial charge in [-0.25, -0.2) is 0 Å². The molecule has 0 saturated carbocycles. The van der Waals surface area contributed by atoms with Gasteiger partial charge < -0.3 is 18.6 Å². The second-order valence-corrected chi connectivity index (χ2v) is 8.96. The van der Waals surface area contributed by atoms with Crippen LogP contribution in [0.3, 0.4) is 0 Å². The molecule has 0 spiro atoms. The molecule has 6 heteroatoms. The Labute approximate surface area is 149 Å². The third kappa shape index (κ3) is 5.00. The van der Waals surface area contributed by atoms with E-state index in [0.29, 0.717) is 0 Å². The first-order valence-electron chi connectivity index (χ1n) is 9.72. The van der Waals surface area contributed by atoms with Gasteiger partial charge in [0.15, 0.2) is 0 Å². The fraction of sp³-hybridized carbons (Fsp3) is 1.00. The molecule has 0 aromatic rings. The van der Waals surface area contributed by atoms with Crippen LogP contribution in [0.15, 0.2) is 0 Å². The SMILES string of the molecule is CC1OB(CCCCCCCB2OC(C)(C)C(C)(C)O2)OC1(C)C. The Bertz CT molecular complexity index is 396. The van der Waals surface area contributed by atoms with Crippen molar-refractivity contribution in [1.82, 2.24) is 0 Å². The Balaban J connectivity index is 1.50. The Hall–Kier alpha value is -0.0301. The van der Waals surface area contributed by atoms with Crippen molar-refractivity contribution in [1.29, 1.82) is 0 Å². The van der Waals surface area contributed by atoms with Crippen molar-refractivity contribution >= 4 is 14.2 Å². The van der Waals surface area contributed by atoms with Crippen LogP contribution in [-0.4, -0.2) is 37.1 Å². The number of hydrogen-bond acceptors (Lipinski definition) is 4. The van der Waals surface area contributed by atoms with Crippen molar-refractivity contribution in [3.63, 3.8) is 0 Å². The van der Waals surface area contributed by atoms with Crippen molar-refractivity contribution in [2.75, 3.05) is 0 Å². The van der Waals surface area contributed by atoms with Gasteiger partial charge in [-0.1, -0.05) is 32.1 Å². The Morgan fingerprint density at radius 1 is 0.667 bits per heavy atom. The second-order valence-electron chi connectivity index (χ2n) is 8.96. The molecule has 0 N–H and O–H groups in total. The van der Waals surface area contributed by atoms with Gasteiger partial charge in [-0.3, -0.25) is 0 Å². The minimum Gasteiger partial charge on any atom is -0.406 e. The van der Waals surface area contributed by atoms with Gasteiger partial charge in [0.1, 0.15) is 0 Å². The molecule has 0 aliphatic carbocycles. The lowest BCUT2D eigenvalue weighted by Gasteiger charge is -2.32. The number of hydrogen-bond donors (Lipinski definition) is 0. The lowest BCUT2D eigenvalue weighted by molar-refractivity contribution is 0.00578. The first-order chi connectivity index (χ1) is 11.0. The lowest BCUT2D eigenvalue weighted by Crippen LogP contribution is -2.41. The van der Waals surface area contributed by atoms with Gasteiger partial charge in [-0.15, -0.1) is 0 Å². The van der Waals surface area contributed by atoms with Crippen molar-refractivity contribution < 1.29 is 18.6 Å². The monoisotopic (exact) mass is 338 g/mol. The standard InChI is InChI=1S/C18H36B2O4/c1-15-16(2,3)22-19(21-15)13-11-9-8-10-12-14-20-23-17(4,5)18(6,7)24-20/h15H,8-14H2,1-7H3. The van der Waals surface area contributed by atoms with Crippen LogP contribution in [0.2, 0.25) is 12.6 Å². The minimum absolute atomic E-state index is 0.0141. The summed E-state index contributed by atoms with van der Waals surface area (Å²) in [6, 6.07) is 0. The molecule has 2 saturated heterocycles. The summed E-state index contributed by atoms with van der Waals surface area (Å²) in [5.74, 6) is 0. The molecule has 2 fully saturated rings. The van der Waals surface area contributed by atoms with Crippen LogP contribution < -0.4 is 0 Å². The van der Waals surface area contributed by atoms with E-state index >= 15 is 0 Å². The molecule has 2 aliphatic heterocycles. The van der Waals surface area contributed by atoms with Gasteiger partial charge in [0.25, 0.3) is 0 Å². The third-order valence-corrected chi connectivity index (χ3v) is 5.95. The second kappa shape index (κ2) is 7.69. The molecule has 1 unspecified atom stereocenters. The quantitative estimate of drug-likeness (QED) is 0.474. The average Bonchev–Trinajstić information content (AvgIpc) is 2.80. The molecule has 138 valence electrons. The van der Waals surface area contributed by atoms with E-state index in [2.05, 4.69) is 48.5 Å². The van der Waals surface area contributed by atoms with E-state index < -0.39 is 0 Å². The lowest BCUT2D eigenvalue weighted by atomic mass is 9.80. The fourth-order valence-electron chi connectivity index (χ4n) is 3.22. The van der Waals surface area contributed by atoms with Crippen molar-refractivity contribution in [2.24, 2.45) is 0 Å². The summed E-state index contributed by atoms with van der Waals surface area (Å²) in [5, 5.41) is 0. The highest BCUT2D eigenvalue weighted by Gasteiger charge is 2.50. The smallest absolute Gasteiger partial charge is 0.406 e. The summed E-state index contributed by atoms with van der Waals surface area (Å²) in [4.78, 5) is 0. The molecular weight excluding hydrogens is 302 g/mol. The van der Waals surface area contributed by atoms with Crippen molar-refractivity contribution in [3.05, 3.63) is 0 Å². The summed E-state index contributed by atoms with van der Waals surface area (Å²) >= 11 is 0. The van der Waals surface area contributed by atoms with Crippen LogP contribution in [0.25, 0.3) is 0 Å². The molecule has 2 heterocycles. The third-order valence-electron chi connectivity index (χ3n) is 5.95. The van der Waals surface area contributed by atoms with E-state index in [1.165, 1.54) is 25.7 Å². The Morgan fingerprint density at radius 2 is 1.12 bits per heavy atom. The van der Waals surface area contributed by atoms with Crippen LogP contribution in [0.4, 0.5) is 0 Å². The summed E-state index contributed by atoms with van der Waals surface area (Å²) in [7, 11) is -0.0567. The largest absolute Gasteiger partial charge is 0.457 e. The Morgan fingerprint density at radius 3 is 1.58 bits per heavy atom. The van der Waals surface area contributed by atoms with E-state index in [-0.39, 0.29) is 37.1 Å². The molecule has 2 rings (SSSR count). The highest BCUT2D eigenvalue weighted by atomic mass is 16.7. The van der Waals surface area contributed by atoms with Gasteiger partial charge in [0, 0.05) is 0 Å². The van der Waals surface area contributed by atoms with Gasteiger partial charge in [-0.2, -0.15) is 0 Å². The van der Waals surface area contributed by atoms with Crippen molar-refractivity contribution in [2.45, 2.75) is 116 Å². The zero-order valence-corrected chi connectivity index (χ0v) is 16.8. The maximum atomic E-state index is 6.03. The van der Waals surface area contributed by atoms with Crippen LogP contribution in [0.1, 0.15) is 80.6 Å². The first kappa shape index (κ1) is 20.3. The summed E-state index contributed by atoms with van der Waals surface area (Å²) in [6.07, 6.45) is 8.24. The van der Waals surface area contributed by atoms with Crippen LogP contribution in [0.5, 0.6) is 0 Å². The molecular formula is C18H36B2O4.